The molecule has 0 radical (unpaired) electrons. The largest absolute Gasteiger partial charge is 0.339 e. The maximum Gasteiger partial charge on any atom is 0.257 e. The summed E-state index contributed by atoms with van der Waals surface area (Å²) >= 11 is 7.56. The molecule has 1 saturated heterocycles. The number of fused-ring (bicyclic) bond motifs is 1. The van der Waals surface area contributed by atoms with Crippen molar-refractivity contribution >= 4 is 39.8 Å². The van der Waals surface area contributed by atoms with E-state index >= 15 is 0 Å². The van der Waals surface area contributed by atoms with Crippen LogP contribution in [0, 0.1) is 11.3 Å². The quantitative estimate of drug-likeness (QED) is 0.576. The van der Waals surface area contributed by atoms with E-state index in [4.69, 9.17) is 11.6 Å². The second-order valence-electron chi connectivity index (χ2n) is 9.83. The van der Waals surface area contributed by atoms with E-state index < -0.39 is 0 Å². The van der Waals surface area contributed by atoms with Gasteiger partial charge in [0.1, 0.15) is 5.00 Å². The van der Waals surface area contributed by atoms with Crippen LogP contribution in [0.3, 0.4) is 0 Å². The molecule has 1 unspecified atom stereocenters. The van der Waals surface area contributed by atoms with Crippen molar-refractivity contribution in [2.45, 2.75) is 59.3 Å². The van der Waals surface area contributed by atoms with Crippen molar-refractivity contribution in [1.82, 2.24) is 4.90 Å². The number of hydrogen-bond acceptors (Lipinski definition) is 3. The van der Waals surface area contributed by atoms with Crippen LogP contribution in [0.25, 0.3) is 0 Å². The van der Waals surface area contributed by atoms with Crippen molar-refractivity contribution in [1.29, 1.82) is 0 Å². The number of thiophene rings is 1. The van der Waals surface area contributed by atoms with Crippen molar-refractivity contribution in [3.63, 3.8) is 0 Å². The Balaban J connectivity index is 1.67. The van der Waals surface area contributed by atoms with Gasteiger partial charge in [0.15, 0.2) is 0 Å². The predicted octanol–water partition coefficient (Wildman–Crippen LogP) is 6.43. The number of rotatable bonds is 3. The molecule has 6 heteroatoms. The SMILES string of the molecule is CC(C)(C)C1CCc2c(sc(NC(=O)c3ccc(Cl)cc3)c2C(=O)N2CCCCC2)C1. The number of hydrogen-bond donors (Lipinski definition) is 1. The lowest BCUT2D eigenvalue weighted by atomic mass is 9.72. The summed E-state index contributed by atoms with van der Waals surface area (Å²) in [5, 5.41) is 4.36. The van der Waals surface area contributed by atoms with Crippen LogP contribution in [0.5, 0.6) is 0 Å². The number of halogens is 1. The highest BCUT2D eigenvalue weighted by Crippen LogP contribution is 2.45. The van der Waals surface area contributed by atoms with Gasteiger partial charge in [-0.3, -0.25) is 9.59 Å². The molecule has 2 aromatic rings. The monoisotopic (exact) mass is 458 g/mol. The van der Waals surface area contributed by atoms with Gasteiger partial charge in [0.25, 0.3) is 11.8 Å². The third-order valence-electron chi connectivity index (χ3n) is 6.68. The second-order valence-corrected chi connectivity index (χ2v) is 11.4. The molecule has 0 bridgehead atoms. The van der Waals surface area contributed by atoms with Gasteiger partial charge in [0, 0.05) is 28.6 Å². The minimum atomic E-state index is -0.199. The Kier molecular flexibility index (Phi) is 6.45. The molecular weight excluding hydrogens is 428 g/mol. The van der Waals surface area contributed by atoms with Gasteiger partial charge in [0.2, 0.25) is 0 Å². The molecule has 0 saturated carbocycles. The standard InChI is InChI=1S/C25H31ClN2O2S/c1-25(2,3)17-9-12-19-20(15-17)31-23(21(19)24(30)28-13-5-4-6-14-28)27-22(29)16-7-10-18(26)11-8-16/h7-8,10-11,17H,4-6,9,12-15H2,1-3H3,(H,27,29). The molecule has 166 valence electrons. The van der Waals surface area contributed by atoms with Crippen LogP contribution in [0.15, 0.2) is 24.3 Å². The minimum absolute atomic E-state index is 0.0813. The summed E-state index contributed by atoms with van der Waals surface area (Å²) in [4.78, 5) is 29.7. The van der Waals surface area contributed by atoms with Gasteiger partial charge in [-0.1, -0.05) is 32.4 Å². The fourth-order valence-electron chi connectivity index (χ4n) is 4.67. The van der Waals surface area contributed by atoms with Crippen LogP contribution < -0.4 is 5.32 Å². The third kappa shape index (κ3) is 4.83. The van der Waals surface area contributed by atoms with E-state index in [9.17, 15) is 9.59 Å². The van der Waals surface area contributed by atoms with E-state index in [0.29, 0.717) is 21.5 Å². The van der Waals surface area contributed by atoms with E-state index in [1.54, 1.807) is 35.6 Å². The zero-order valence-corrected chi connectivity index (χ0v) is 20.2. The molecule has 1 aromatic heterocycles. The minimum Gasteiger partial charge on any atom is -0.339 e. The van der Waals surface area contributed by atoms with Gasteiger partial charge in [0.05, 0.1) is 5.56 Å². The van der Waals surface area contributed by atoms with E-state index in [-0.39, 0.29) is 17.2 Å². The Bertz CT molecular complexity index is 969. The zero-order valence-electron chi connectivity index (χ0n) is 18.6. The van der Waals surface area contributed by atoms with Crippen molar-refractivity contribution in [2.24, 2.45) is 11.3 Å². The average Bonchev–Trinajstić information content (AvgIpc) is 3.10. The lowest BCUT2D eigenvalue weighted by molar-refractivity contribution is 0.0724. The van der Waals surface area contributed by atoms with Gasteiger partial charge in [-0.2, -0.15) is 0 Å². The summed E-state index contributed by atoms with van der Waals surface area (Å²) in [6.07, 6.45) is 6.24. The fraction of sp³-hybridized carbons (Fsp3) is 0.520. The molecule has 4 rings (SSSR count). The van der Waals surface area contributed by atoms with Gasteiger partial charge in [-0.15, -0.1) is 11.3 Å². The highest BCUT2D eigenvalue weighted by molar-refractivity contribution is 7.17. The molecule has 0 spiro atoms. The highest BCUT2D eigenvalue weighted by Gasteiger charge is 2.35. The van der Waals surface area contributed by atoms with Crippen LogP contribution in [-0.2, 0) is 12.8 Å². The molecule has 4 nitrogen and oxygen atoms in total. The van der Waals surface area contributed by atoms with E-state index in [2.05, 4.69) is 26.1 Å². The number of likely N-dealkylation sites (tertiary alicyclic amines) is 1. The van der Waals surface area contributed by atoms with Gasteiger partial charge in [-0.05, 0) is 79.7 Å². The first kappa shape index (κ1) is 22.3. The van der Waals surface area contributed by atoms with Crippen LogP contribution in [0.2, 0.25) is 5.02 Å². The highest BCUT2D eigenvalue weighted by atomic mass is 35.5. The number of carbonyl (C=O) groups excluding carboxylic acids is 2. The Labute approximate surface area is 194 Å². The van der Waals surface area contributed by atoms with Crippen LogP contribution >= 0.6 is 22.9 Å². The number of nitrogens with zero attached hydrogens (tertiary/aromatic N) is 1. The Morgan fingerprint density at radius 2 is 1.77 bits per heavy atom. The van der Waals surface area contributed by atoms with Gasteiger partial charge >= 0.3 is 0 Å². The first-order valence-corrected chi connectivity index (χ1v) is 12.4. The normalized spacial score (nSPS) is 19.1. The number of benzene rings is 1. The van der Waals surface area contributed by atoms with Crippen LogP contribution in [0.4, 0.5) is 5.00 Å². The Morgan fingerprint density at radius 3 is 2.42 bits per heavy atom. The van der Waals surface area contributed by atoms with Crippen LogP contribution in [-0.4, -0.2) is 29.8 Å². The van der Waals surface area contributed by atoms with Crippen molar-refractivity contribution in [2.75, 3.05) is 18.4 Å². The molecule has 2 amide bonds. The molecule has 1 fully saturated rings. The number of anilines is 1. The molecule has 31 heavy (non-hydrogen) atoms. The fourth-order valence-corrected chi connectivity index (χ4v) is 6.11. The third-order valence-corrected chi connectivity index (χ3v) is 8.10. The summed E-state index contributed by atoms with van der Waals surface area (Å²) in [6, 6.07) is 6.85. The lowest BCUT2D eigenvalue weighted by Crippen LogP contribution is -2.36. The average molecular weight is 459 g/mol. The summed E-state index contributed by atoms with van der Waals surface area (Å²) in [6.45, 7) is 8.48. The molecule has 1 aliphatic carbocycles. The first-order valence-electron chi connectivity index (χ1n) is 11.2. The topological polar surface area (TPSA) is 49.4 Å². The van der Waals surface area contributed by atoms with E-state index in [1.807, 2.05) is 4.90 Å². The van der Waals surface area contributed by atoms with Crippen molar-refractivity contribution in [3.8, 4) is 0 Å². The molecule has 1 atom stereocenters. The molecular formula is C25H31ClN2O2S. The molecule has 2 heterocycles. The summed E-state index contributed by atoms with van der Waals surface area (Å²) in [5.74, 6) is 0.463. The number of piperidine rings is 1. The summed E-state index contributed by atoms with van der Waals surface area (Å²) in [5.41, 5.74) is 2.66. The van der Waals surface area contributed by atoms with Crippen molar-refractivity contribution < 1.29 is 9.59 Å². The van der Waals surface area contributed by atoms with E-state index in [0.717, 1.165) is 56.3 Å². The first-order chi connectivity index (χ1) is 14.7. The van der Waals surface area contributed by atoms with Gasteiger partial charge < -0.3 is 10.2 Å². The predicted molar refractivity (Wildman–Crippen MR) is 128 cm³/mol. The molecule has 1 N–H and O–H groups in total. The number of amides is 2. The van der Waals surface area contributed by atoms with Gasteiger partial charge in [-0.25, -0.2) is 0 Å². The van der Waals surface area contributed by atoms with Crippen molar-refractivity contribution in [3.05, 3.63) is 50.9 Å². The number of carbonyl (C=O) groups is 2. The molecule has 1 aliphatic heterocycles. The maximum atomic E-state index is 13.6. The summed E-state index contributed by atoms with van der Waals surface area (Å²) in [7, 11) is 0. The Hall–Kier alpha value is -1.85. The second kappa shape index (κ2) is 8.95. The molecule has 2 aliphatic rings. The molecule has 1 aromatic carbocycles. The number of nitrogens with one attached hydrogen (secondary N) is 1. The zero-order chi connectivity index (χ0) is 22.2. The van der Waals surface area contributed by atoms with Crippen LogP contribution in [0.1, 0.15) is 77.6 Å². The maximum absolute atomic E-state index is 13.6. The van der Waals surface area contributed by atoms with E-state index in [1.165, 1.54) is 11.3 Å². The smallest absolute Gasteiger partial charge is 0.257 e. The lowest BCUT2D eigenvalue weighted by Gasteiger charge is -2.34. The summed E-state index contributed by atoms with van der Waals surface area (Å²) < 4.78 is 0. The Morgan fingerprint density at radius 1 is 1.10 bits per heavy atom.